The van der Waals surface area contributed by atoms with Crippen LogP contribution in [0, 0.1) is 10.1 Å². The van der Waals surface area contributed by atoms with Gasteiger partial charge in [-0.15, -0.1) is 10.2 Å². The molecule has 12 heteroatoms. The summed E-state index contributed by atoms with van der Waals surface area (Å²) in [5, 5.41) is 27.0. The SMILES string of the molecule is COc1ccc(-c2nnc3ccc(SCC(=O)Nc4ccc([N+](=O)[O-])cc4)nn23)cc1OC. The first-order chi connectivity index (χ1) is 16.0. The van der Waals surface area contributed by atoms with Crippen molar-refractivity contribution >= 4 is 34.7 Å². The minimum atomic E-state index is -0.496. The molecule has 0 unspecified atom stereocenters. The average molecular weight is 466 g/mol. The molecule has 168 valence electrons. The molecule has 0 bridgehead atoms. The van der Waals surface area contributed by atoms with E-state index < -0.39 is 4.92 Å². The maximum absolute atomic E-state index is 12.3. The van der Waals surface area contributed by atoms with Crippen molar-refractivity contribution in [1.29, 1.82) is 0 Å². The van der Waals surface area contributed by atoms with Crippen molar-refractivity contribution in [3.63, 3.8) is 0 Å². The molecule has 0 saturated carbocycles. The summed E-state index contributed by atoms with van der Waals surface area (Å²) in [5.74, 6) is 1.51. The monoisotopic (exact) mass is 466 g/mol. The second-order valence-corrected chi connectivity index (χ2v) is 7.67. The molecule has 0 aliphatic carbocycles. The fourth-order valence-corrected chi connectivity index (χ4v) is 3.66. The van der Waals surface area contributed by atoms with Crippen molar-refractivity contribution in [3.8, 4) is 22.9 Å². The van der Waals surface area contributed by atoms with Crippen molar-refractivity contribution in [1.82, 2.24) is 19.8 Å². The standard InChI is InChI=1S/C21H18N6O5S/c1-31-16-8-3-13(11-17(16)32-2)21-24-23-18-9-10-20(25-26(18)21)33-12-19(28)22-14-4-6-15(7-5-14)27(29)30/h3-11H,12H2,1-2H3,(H,22,28). The van der Waals surface area contributed by atoms with Gasteiger partial charge in [0, 0.05) is 23.4 Å². The maximum Gasteiger partial charge on any atom is 0.269 e. The van der Waals surface area contributed by atoms with Crippen LogP contribution < -0.4 is 14.8 Å². The number of rotatable bonds is 8. The molecule has 2 aromatic heterocycles. The highest BCUT2D eigenvalue weighted by molar-refractivity contribution is 7.99. The Balaban J connectivity index is 1.48. The number of anilines is 1. The molecule has 2 aromatic carbocycles. The van der Waals surface area contributed by atoms with Crippen molar-refractivity contribution < 1.29 is 19.2 Å². The van der Waals surface area contributed by atoms with Crippen LogP contribution in [0.15, 0.2) is 59.6 Å². The summed E-state index contributed by atoms with van der Waals surface area (Å²) in [7, 11) is 3.12. The van der Waals surface area contributed by atoms with Gasteiger partial charge in [-0.1, -0.05) is 11.8 Å². The highest BCUT2D eigenvalue weighted by Crippen LogP contribution is 2.31. The number of aromatic nitrogens is 4. The van der Waals surface area contributed by atoms with Gasteiger partial charge in [0.05, 0.1) is 24.9 Å². The molecule has 0 saturated heterocycles. The molecule has 33 heavy (non-hydrogen) atoms. The average Bonchev–Trinajstić information content (AvgIpc) is 3.26. The second-order valence-electron chi connectivity index (χ2n) is 6.68. The third-order valence-electron chi connectivity index (χ3n) is 4.59. The van der Waals surface area contributed by atoms with Crippen molar-refractivity contribution in [2.24, 2.45) is 0 Å². The van der Waals surface area contributed by atoms with Gasteiger partial charge in [-0.05, 0) is 42.5 Å². The van der Waals surface area contributed by atoms with Gasteiger partial charge in [0.25, 0.3) is 5.69 Å². The van der Waals surface area contributed by atoms with Crippen molar-refractivity contribution in [3.05, 3.63) is 64.7 Å². The molecule has 1 N–H and O–H groups in total. The number of carbonyl (C=O) groups is 1. The van der Waals surface area contributed by atoms with Crippen LogP contribution in [0.3, 0.4) is 0 Å². The number of nitro groups is 1. The third-order valence-corrected chi connectivity index (χ3v) is 5.51. The van der Waals surface area contributed by atoms with Crippen LogP contribution in [0.4, 0.5) is 11.4 Å². The minimum Gasteiger partial charge on any atom is -0.493 e. The van der Waals surface area contributed by atoms with Crippen LogP contribution in [-0.2, 0) is 4.79 Å². The summed E-state index contributed by atoms with van der Waals surface area (Å²) in [4.78, 5) is 22.5. The number of carbonyl (C=O) groups excluding carboxylic acids is 1. The highest BCUT2D eigenvalue weighted by Gasteiger charge is 2.14. The zero-order valence-corrected chi connectivity index (χ0v) is 18.4. The highest BCUT2D eigenvalue weighted by atomic mass is 32.2. The maximum atomic E-state index is 12.3. The van der Waals surface area contributed by atoms with Gasteiger partial charge >= 0.3 is 0 Å². The number of benzene rings is 2. The first kappa shape index (κ1) is 22.0. The Labute approximate surface area is 191 Å². The molecule has 4 rings (SSSR count). The molecule has 0 aliphatic heterocycles. The Morgan fingerprint density at radius 1 is 1.06 bits per heavy atom. The number of nitrogens with zero attached hydrogens (tertiary/aromatic N) is 5. The molecule has 11 nitrogen and oxygen atoms in total. The minimum absolute atomic E-state index is 0.0425. The number of non-ortho nitro benzene ring substituents is 1. The van der Waals surface area contributed by atoms with E-state index in [0.29, 0.717) is 33.7 Å². The number of hydrogen-bond acceptors (Lipinski definition) is 9. The normalized spacial score (nSPS) is 10.7. The number of hydrogen-bond donors (Lipinski definition) is 1. The van der Waals surface area contributed by atoms with E-state index >= 15 is 0 Å². The predicted octanol–water partition coefficient (Wildman–Crippen LogP) is 3.45. The van der Waals surface area contributed by atoms with Crippen LogP contribution >= 0.6 is 11.8 Å². The molecular formula is C21H18N6O5S. The number of ether oxygens (including phenoxy) is 2. The fourth-order valence-electron chi connectivity index (χ4n) is 3.01. The van der Waals surface area contributed by atoms with Crippen LogP contribution in [0.1, 0.15) is 0 Å². The lowest BCUT2D eigenvalue weighted by Gasteiger charge is -2.09. The summed E-state index contributed by atoms with van der Waals surface area (Å²) < 4.78 is 12.2. The zero-order chi connectivity index (χ0) is 23.4. The van der Waals surface area contributed by atoms with E-state index in [0.717, 1.165) is 5.56 Å². The third kappa shape index (κ3) is 4.85. The summed E-state index contributed by atoms with van der Waals surface area (Å²) in [5.41, 5.74) is 1.73. The molecule has 0 atom stereocenters. The van der Waals surface area contributed by atoms with Gasteiger partial charge in [0.15, 0.2) is 23.0 Å². The Hall–Kier alpha value is -4.19. The number of amides is 1. The smallest absolute Gasteiger partial charge is 0.269 e. The van der Waals surface area contributed by atoms with E-state index in [1.807, 2.05) is 6.07 Å². The molecule has 0 fully saturated rings. The first-order valence-corrected chi connectivity index (χ1v) is 10.6. The van der Waals surface area contributed by atoms with E-state index in [-0.39, 0.29) is 17.3 Å². The van der Waals surface area contributed by atoms with Crippen molar-refractivity contribution in [2.75, 3.05) is 25.3 Å². The lowest BCUT2D eigenvalue weighted by Crippen LogP contribution is -2.14. The van der Waals surface area contributed by atoms with Gasteiger partial charge in [-0.2, -0.15) is 9.61 Å². The quantitative estimate of drug-likeness (QED) is 0.235. The predicted molar refractivity (Wildman–Crippen MR) is 122 cm³/mol. The molecule has 4 aromatic rings. The number of methoxy groups -OCH3 is 2. The summed E-state index contributed by atoms with van der Waals surface area (Å²) in [6.45, 7) is 0. The number of nitrogens with one attached hydrogen (secondary N) is 1. The van der Waals surface area contributed by atoms with E-state index in [1.54, 1.807) is 43.0 Å². The van der Waals surface area contributed by atoms with Crippen LogP contribution in [-0.4, -0.2) is 50.6 Å². The molecule has 2 heterocycles. The van der Waals surface area contributed by atoms with E-state index in [4.69, 9.17) is 9.47 Å². The van der Waals surface area contributed by atoms with E-state index in [9.17, 15) is 14.9 Å². The molecule has 0 spiro atoms. The summed E-state index contributed by atoms with van der Waals surface area (Å²) in [6, 6.07) is 14.5. The molecule has 1 amide bonds. The van der Waals surface area contributed by atoms with Crippen LogP contribution in [0.5, 0.6) is 11.5 Å². The topological polar surface area (TPSA) is 134 Å². The molecule has 0 aliphatic rings. The summed E-state index contributed by atoms with van der Waals surface area (Å²) >= 11 is 1.24. The number of thioether (sulfide) groups is 1. The Morgan fingerprint density at radius 3 is 2.52 bits per heavy atom. The first-order valence-electron chi connectivity index (χ1n) is 9.60. The van der Waals surface area contributed by atoms with Gasteiger partial charge in [-0.25, -0.2) is 0 Å². The molecular weight excluding hydrogens is 448 g/mol. The lowest BCUT2D eigenvalue weighted by atomic mass is 10.2. The van der Waals surface area contributed by atoms with Crippen LogP contribution in [0.25, 0.3) is 17.0 Å². The largest absolute Gasteiger partial charge is 0.493 e. The molecule has 0 radical (unpaired) electrons. The Morgan fingerprint density at radius 2 is 1.82 bits per heavy atom. The van der Waals surface area contributed by atoms with Crippen LogP contribution in [0.2, 0.25) is 0 Å². The fraction of sp³-hybridized carbons (Fsp3) is 0.143. The summed E-state index contributed by atoms with van der Waals surface area (Å²) in [6.07, 6.45) is 0. The van der Waals surface area contributed by atoms with Crippen molar-refractivity contribution in [2.45, 2.75) is 5.03 Å². The van der Waals surface area contributed by atoms with E-state index in [1.165, 1.54) is 36.0 Å². The number of fused-ring (bicyclic) bond motifs is 1. The van der Waals surface area contributed by atoms with Gasteiger partial charge in [0.1, 0.15) is 5.03 Å². The number of nitro benzene ring substituents is 1. The Bertz CT molecular complexity index is 1320. The van der Waals surface area contributed by atoms with Gasteiger partial charge in [-0.3, -0.25) is 14.9 Å². The lowest BCUT2D eigenvalue weighted by molar-refractivity contribution is -0.384. The zero-order valence-electron chi connectivity index (χ0n) is 17.6. The van der Waals surface area contributed by atoms with Gasteiger partial charge < -0.3 is 14.8 Å². The Kier molecular flexibility index (Phi) is 6.36. The van der Waals surface area contributed by atoms with Gasteiger partial charge in [0.2, 0.25) is 5.91 Å². The second kappa shape index (κ2) is 9.53. The van der Waals surface area contributed by atoms with E-state index in [2.05, 4.69) is 20.6 Å².